The van der Waals surface area contributed by atoms with E-state index >= 15 is 0 Å². The molecule has 0 atom stereocenters. The van der Waals surface area contributed by atoms with Crippen LogP contribution in [0.5, 0.6) is 5.75 Å². The Hall–Kier alpha value is -1.22. The molecule has 0 aliphatic carbocycles. The fraction of sp³-hybridized carbons (Fsp3) is 0.571. The van der Waals surface area contributed by atoms with Crippen LogP contribution in [0.4, 0.5) is 5.69 Å². The zero-order valence-electron chi connectivity index (χ0n) is 10.8. The Labute approximate surface area is 104 Å². The van der Waals surface area contributed by atoms with Gasteiger partial charge in [0.1, 0.15) is 5.75 Å². The predicted octanol–water partition coefficient (Wildman–Crippen LogP) is 2.38. The van der Waals surface area contributed by atoms with E-state index in [1.807, 2.05) is 0 Å². The van der Waals surface area contributed by atoms with Gasteiger partial charge in [-0.15, -0.1) is 0 Å². The van der Waals surface area contributed by atoms with Crippen molar-refractivity contribution >= 4 is 5.69 Å². The molecule has 0 fully saturated rings. The molecule has 3 heteroatoms. The van der Waals surface area contributed by atoms with Gasteiger partial charge < -0.3 is 15.0 Å². The SMILES string of the molecule is CN(C)CCCOc1cccc2c1CCCN2. The van der Waals surface area contributed by atoms with Crippen molar-refractivity contribution in [3.63, 3.8) is 0 Å². The van der Waals surface area contributed by atoms with Gasteiger partial charge in [-0.3, -0.25) is 0 Å². The van der Waals surface area contributed by atoms with Crippen LogP contribution in [-0.4, -0.2) is 38.7 Å². The van der Waals surface area contributed by atoms with E-state index in [1.165, 1.54) is 17.7 Å². The van der Waals surface area contributed by atoms with Crippen molar-refractivity contribution in [2.24, 2.45) is 0 Å². The fourth-order valence-corrected chi connectivity index (χ4v) is 2.18. The summed E-state index contributed by atoms with van der Waals surface area (Å²) in [5.74, 6) is 1.06. The van der Waals surface area contributed by atoms with Crippen LogP contribution in [0, 0.1) is 0 Å². The number of fused-ring (bicyclic) bond motifs is 1. The maximum atomic E-state index is 5.89. The van der Waals surface area contributed by atoms with Gasteiger partial charge in [-0.25, -0.2) is 0 Å². The van der Waals surface area contributed by atoms with Crippen LogP contribution < -0.4 is 10.1 Å². The number of benzene rings is 1. The second kappa shape index (κ2) is 5.92. The van der Waals surface area contributed by atoms with Crippen molar-refractivity contribution in [1.82, 2.24) is 4.90 Å². The van der Waals surface area contributed by atoms with Gasteiger partial charge in [0, 0.05) is 24.3 Å². The molecular formula is C14H22N2O. The van der Waals surface area contributed by atoms with Crippen molar-refractivity contribution in [3.05, 3.63) is 23.8 Å². The van der Waals surface area contributed by atoms with Crippen LogP contribution >= 0.6 is 0 Å². The normalized spacial score (nSPS) is 14.3. The monoisotopic (exact) mass is 234 g/mol. The first-order valence-electron chi connectivity index (χ1n) is 6.40. The van der Waals surface area contributed by atoms with Crippen molar-refractivity contribution in [3.8, 4) is 5.75 Å². The number of hydrogen-bond acceptors (Lipinski definition) is 3. The van der Waals surface area contributed by atoms with Gasteiger partial charge in [-0.1, -0.05) is 6.07 Å². The summed E-state index contributed by atoms with van der Waals surface area (Å²) in [6.45, 7) is 2.96. The highest BCUT2D eigenvalue weighted by Crippen LogP contribution is 2.30. The van der Waals surface area contributed by atoms with Gasteiger partial charge >= 0.3 is 0 Å². The first-order valence-corrected chi connectivity index (χ1v) is 6.40. The highest BCUT2D eigenvalue weighted by molar-refractivity contribution is 5.58. The highest BCUT2D eigenvalue weighted by atomic mass is 16.5. The number of nitrogens with one attached hydrogen (secondary N) is 1. The minimum atomic E-state index is 0.800. The lowest BCUT2D eigenvalue weighted by atomic mass is 10.0. The summed E-state index contributed by atoms with van der Waals surface area (Å²) in [4.78, 5) is 2.19. The van der Waals surface area contributed by atoms with E-state index in [9.17, 15) is 0 Å². The lowest BCUT2D eigenvalue weighted by Crippen LogP contribution is -2.16. The van der Waals surface area contributed by atoms with E-state index in [0.717, 1.165) is 38.3 Å². The second-order valence-corrected chi connectivity index (χ2v) is 4.82. The molecule has 94 valence electrons. The third-order valence-corrected chi connectivity index (χ3v) is 3.06. The smallest absolute Gasteiger partial charge is 0.124 e. The Morgan fingerprint density at radius 1 is 1.35 bits per heavy atom. The van der Waals surface area contributed by atoms with E-state index in [2.05, 4.69) is 42.5 Å². The maximum Gasteiger partial charge on any atom is 0.124 e. The molecule has 1 aromatic carbocycles. The van der Waals surface area contributed by atoms with Gasteiger partial charge in [0.2, 0.25) is 0 Å². The Bertz CT molecular complexity index is 363. The van der Waals surface area contributed by atoms with Crippen molar-refractivity contribution in [1.29, 1.82) is 0 Å². The van der Waals surface area contributed by atoms with E-state index in [4.69, 9.17) is 4.74 Å². The van der Waals surface area contributed by atoms with Crippen LogP contribution in [0.15, 0.2) is 18.2 Å². The third-order valence-electron chi connectivity index (χ3n) is 3.06. The molecule has 0 spiro atoms. The van der Waals surface area contributed by atoms with E-state index in [-0.39, 0.29) is 0 Å². The summed E-state index contributed by atoms with van der Waals surface area (Å²) in [5, 5.41) is 3.42. The minimum absolute atomic E-state index is 0.800. The van der Waals surface area contributed by atoms with Gasteiger partial charge in [0.25, 0.3) is 0 Å². The Morgan fingerprint density at radius 2 is 2.24 bits per heavy atom. The van der Waals surface area contributed by atoms with Crippen LogP contribution in [0.3, 0.4) is 0 Å². The molecule has 3 nitrogen and oxygen atoms in total. The first kappa shape index (κ1) is 12.2. The molecule has 0 bridgehead atoms. The standard InChI is InChI=1S/C14H22N2O/c1-16(2)10-5-11-17-14-8-3-7-13-12(14)6-4-9-15-13/h3,7-8,15H,4-6,9-11H2,1-2H3. The first-order chi connectivity index (χ1) is 8.27. The summed E-state index contributed by atoms with van der Waals surface area (Å²) >= 11 is 0. The molecule has 17 heavy (non-hydrogen) atoms. The highest BCUT2D eigenvalue weighted by Gasteiger charge is 2.12. The molecule has 0 saturated carbocycles. The number of anilines is 1. The molecule has 0 aromatic heterocycles. The lowest BCUT2D eigenvalue weighted by molar-refractivity contribution is 0.279. The van der Waals surface area contributed by atoms with Gasteiger partial charge in [-0.2, -0.15) is 0 Å². The molecule has 2 rings (SSSR count). The molecule has 0 radical (unpaired) electrons. The molecule has 0 unspecified atom stereocenters. The quantitative estimate of drug-likeness (QED) is 0.792. The van der Waals surface area contributed by atoms with Crippen molar-refractivity contribution < 1.29 is 4.74 Å². The Morgan fingerprint density at radius 3 is 3.06 bits per heavy atom. The number of rotatable bonds is 5. The molecule has 1 aliphatic heterocycles. The maximum absolute atomic E-state index is 5.89. The van der Waals surface area contributed by atoms with Gasteiger partial charge in [-0.05, 0) is 45.5 Å². The number of hydrogen-bond donors (Lipinski definition) is 1. The molecule has 1 aliphatic rings. The van der Waals surface area contributed by atoms with Crippen LogP contribution in [0.1, 0.15) is 18.4 Å². The molecule has 0 saturated heterocycles. The van der Waals surface area contributed by atoms with Crippen LogP contribution in [-0.2, 0) is 6.42 Å². The van der Waals surface area contributed by atoms with Crippen molar-refractivity contribution in [2.75, 3.05) is 39.1 Å². The molecule has 1 aromatic rings. The predicted molar refractivity (Wildman–Crippen MR) is 71.9 cm³/mol. The average molecular weight is 234 g/mol. The van der Waals surface area contributed by atoms with Crippen molar-refractivity contribution in [2.45, 2.75) is 19.3 Å². The van der Waals surface area contributed by atoms with Gasteiger partial charge in [0.05, 0.1) is 6.61 Å². The molecule has 1 N–H and O–H groups in total. The third kappa shape index (κ3) is 3.37. The fourth-order valence-electron chi connectivity index (χ4n) is 2.18. The summed E-state index contributed by atoms with van der Waals surface area (Å²) in [6.07, 6.45) is 3.40. The Kier molecular flexibility index (Phi) is 4.26. The molecular weight excluding hydrogens is 212 g/mol. The van der Waals surface area contributed by atoms with E-state index < -0.39 is 0 Å². The molecule has 0 amide bonds. The largest absolute Gasteiger partial charge is 0.493 e. The Balaban J connectivity index is 1.92. The van der Waals surface area contributed by atoms with Crippen LogP contribution in [0.2, 0.25) is 0 Å². The average Bonchev–Trinajstić information content (AvgIpc) is 2.34. The van der Waals surface area contributed by atoms with Crippen LogP contribution in [0.25, 0.3) is 0 Å². The molecule has 1 heterocycles. The zero-order chi connectivity index (χ0) is 12.1. The summed E-state index contributed by atoms with van der Waals surface area (Å²) in [6, 6.07) is 6.29. The van der Waals surface area contributed by atoms with E-state index in [1.54, 1.807) is 0 Å². The summed E-state index contributed by atoms with van der Waals surface area (Å²) in [5.41, 5.74) is 2.60. The van der Waals surface area contributed by atoms with Gasteiger partial charge in [0.15, 0.2) is 0 Å². The minimum Gasteiger partial charge on any atom is -0.493 e. The lowest BCUT2D eigenvalue weighted by Gasteiger charge is -2.21. The summed E-state index contributed by atoms with van der Waals surface area (Å²) < 4.78 is 5.89. The summed E-state index contributed by atoms with van der Waals surface area (Å²) in [7, 11) is 4.18. The topological polar surface area (TPSA) is 24.5 Å². The van der Waals surface area contributed by atoms with E-state index in [0.29, 0.717) is 0 Å². The number of nitrogens with zero attached hydrogens (tertiary/aromatic N) is 1. The second-order valence-electron chi connectivity index (χ2n) is 4.82. The zero-order valence-corrected chi connectivity index (χ0v) is 10.8. The number of ether oxygens (including phenoxy) is 1.